The van der Waals surface area contributed by atoms with E-state index in [0.717, 1.165) is 6.42 Å². The molecule has 0 aliphatic carbocycles. The Morgan fingerprint density at radius 1 is 1.23 bits per heavy atom. The molecule has 0 rings (SSSR count). The van der Waals surface area contributed by atoms with Gasteiger partial charge in [-0.15, -0.1) is 0 Å². The molecule has 74 valence electrons. The van der Waals surface area contributed by atoms with Crippen molar-refractivity contribution in [3.8, 4) is 0 Å². The van der Waals surface area contributed by atoms with Crippen molar-refractivity contribution in [2.45, 2.75) is 41.0 Å². The summed E-state index contributed by atoms with van der Waals surface area (Å²) in [5, 5.41) is 0. The van der Waals surface area contributed by atoms with Crippen molar-refractivity contribution in [1.29, 1.82) is 0 Å². The number of hydrogen-bond acceptors (Lipinski definition) is 1. The van der Waals surface area contributed by atoms with E-state index < -0.39 is 0 Å². The van der Waals surface area contributed by atoms with Crippen LogP contribution in [-0.2, 0) is 0 Å². The van der Waals surface area contributed by atoms with Crippen LogP contribution in [0.2, 0.25) is 0 Å². The summed E-state index contributed by atoms with van der Waals surface area (Å²) >= 11 is 1.86. The fourth-order valence-corrected chi connectivity index (χ4v) is 1.81. The Kier molecular flexibility index (Phi) is 6.79. The summed E-state index contributed by atoms with van der Waals surface area (Å²) in [7, 11) is 0. The maximum atomic E-state index is 2.20. The van der Waals surface area contributed by atoms with Crippen molar-refractivity contribution in [3.63, 3.8) is 0 Å². The molecule has 0 aliphatic rings. The van der Waals surface area contributed by atoms with Crippen LogP contribution in [0.1, 0.15) is 41.0 Å². The second-order valence-electron chi connectivity index (χ2n) is 3.00. The molecule has 13 heavy (non-hydrogen) atoms. The van der Waals surface area contributed by atoms with Gasteiger partial charge in [-0.1, -0.05) is 42.5 Å². The van der Waals surface area contributed by atoms with Crippen LogP contribution in [0, 0.1) is 0 Å². The Balaban J connectivity index is 4.63. The Hall–Kier alpha value is -0.430. The van der Waals surface area contributed by atoms with E-state index in [9.17, 15) is 0 Å². The third kappa shape index (κ3) is 4.99. The average Bonchev–Trinajstić information content (AvgIpc) is 2.15. The van der Waals surface area contributed by atoms with Crippen molar-refractivity contribution in [1.82, 2.24) is 0 Å². The first-order chi connectivity index (χ1) is 6.15. The van der Waals surface area contributed by atoms with Crippen molar-refractivity contribution in [2.24, 2.45) is 0 Å². The summed E-state index contributed by atoms with van der Waals surface area (Å²) in [6.45, 7) is 10.7. The molecule has 0 fully saturated rings. The second-order valence-corrected chi connectivity index (χ2v) is 4.29. The minimum atomic E-state index is 1.13. The van der Waals surface area contributed by atoms with Gasteiger partial charge < -0.3 is 0 Å². The lowest BCUT2D eigenvalue weighted by Gasteiger charge is -2.06. The lowest BCUT2D eigenvalue weighted by molar-refractivity contribution is 1.09. The number of hydrogen-bond donors (Lipinski definition) is 0. The van der Waals surface area contributed by atoms with Crippen molar-refractivity contribution in [2.75, 3.05) is 0 Å². The van der Waals surface area contributed by atoms with Crippen LogP contribution in [0.3, 0.4) is 0 Å². The molecule has 0 N–H and O–H groups in total. The standard InChI is InChI=1S/C12H20S/c1-6-9-12(10(4)7-2)13-11(5)8-3/h6,8-9H,7H2,1-5H3/b9-6-,11-8+,12-10+. The summed E-state index contributed by atoms with van der Waals surface area (Å²) in [4.78, 5) is 2.75. The zero-order valence-electron chi connectivity index (χ0n) is 9.35. The highest BCUT2D eigenvalue weighted by Crippen LogP contribution is 2.29. The van der Waals surface area contributed by atoms with Crippen LogP contribution in [0.25, 0.3) is 0 Å². The molecular weight excluding hydrogens is 176 g/mol. The minimum absolute atomic E-state index is 1.13. The van der Waals surface area contributed by atoms with Crippen molar-refractivity contribution >= 4 is 11.8 Å². The molecule has 0 nitrogen and oxygen atoms in total. The highest BCUT2D eigenvalue weighted by molar-refractivity contribution is 8.06. The average molecular weight is 196 g/mol. The molecule has 0 aromatic carbocycles. The van der Waals surface area contributed by atoms with E-state index >= 15 is 0 Å². The highest BCUT2D eigenvalue weighted by Gasteiger charge is 1.98. The van der Waals surface area contributed by atoms with Crippen molar-refractivity contribution < 1.29 is 0 Å². The van der Waals surface area contributed by atoms with E-state index in [2.05, 4.69) is 52.8 Å². The topological polar surface area (TPSA) is 0 Å². The van der Waals surface area contributed by atoms with Gasteiger partial charge in [0.1, 0.15) is 0 Å². The Morgan fingerprint density at radius 2 is 1.85 bits per heavy atom. The van der Waals surface area contributed by atoms with Crippen LogP contribution in [-0.4, -0.2) is 0 Å². The van der Waals surface area contributed by atoms with E-state index in [4.69, 9.17) is 0 Å². The van der Waals surface area contributed by atoms with Crippen LogP contribution in [0.15, 0.2) is 33.6 Å². The molecule has 0 spiro atoms. The van der Waals surface area contributed by atoms with Crippen LogP contribution in [0.4, 0.5) is 0 Å². The molecule has 0 atom stereocenters. The molecule has 0 saturated heterocycles. The van der Waals surface area contributed by atoms with Gasteiger partial charge in [0.05, 0.1) is 0 Å². The van der Waals surface area contributed by atoms with Gasteiger partial charge in [-0.25, -0.2) is 0 Å². The van der Waals surface area contributed by atoms with Gasteiger partial charge in [0, 0.05) is 4.91 Å². The first kappa shape index (κ1) is 12.6. The molecule has 0 radical (unpaired) electrons. The smallest absolute Gasteiger partial charge is 0.0104 e. The fourth-order valence-electron chi connectivity index (χ4n) is 0.821. The Labute approximate surface area is 86.8 Å². The van der Waals surface area contributed by atoms with E-state index in [-0.39, 0.29) is 0 Å². The van der Waals surface area contributed by atoms with Gasteiger partial charge in [0.15, 0.2) is 0 Å². The monoisotopic (exact) mass is 196 g/mol. The van der Waals surface area contributed by atoms with E-state index in [1.54, 1.807) is 0 Å². The molecule has 0 unspecified atom stereocenters. The predicted molar refractivity (Wildman–Crippen MR) is 64.8 cm³/mol. The summed E-state index contributed by atoms with van der Waals surface area (Å²) in [5.41, 5.74) is 1.46. The summed E-state index contributed by atoms with van der Waals surface area (Å²) < 4.78 is 0. The van der Waals surface area contributed by atoms with Gasteiger partial charge in [-0.05, 0) is 39.0 Å². The number of allylic oxidation sites excluding steroid dienone is 5. The lowest BCUT2D eigenvalue weighted by Crippen LogP contribution is -1.80. The second kappa shape index (κ2) is 7.02. The molecule has 0 bridgehead atoms. The van der Waals surface area contributed by atoms with E-state index in [1.165, 1.54) is 15.4 Å². The molecule has 0 saturated carbocycles. The fraction of sp³-hybridized carbons (Fsp3) is 0.500. The lowest BCUT2D eigenvalue weighted by atomic mass is 10.2. The summed E-state index contributed by atoms with van der Waals surface area (Å²) in [6.07, 6.45) is 7.57. The van der Waals surface area contributed by atoms with E-state index in [0.29, 0.717) is 0 Å². The summed E-state index contributed by atoms with van der Waals surface area (Å²) in [5.74, 6) is 0. The van der Waals surface area contributed by atoms with Gasteiger partial charge in [-0.3, -0.25) is 0 Å². The molecule has 0 aliphatic heterocycles. The first-order valence-electron chi connectivity index (χ1n) is 4.78. The zero-order chi connectivity index (χ0) is 10.3. The molecule has 1 heteroatoms. The molecular formula is C12H20S. The third-order valence-corrected chi connectivity index (χ3v) is 3.21. The predicted octanol–water partition coefficient (Wildman–Crippen LogP) is 4.90. The van der Waals surface area contributed by atoms with Crippen LogP contribution in [0.5, 0.6) is 0 Å². The number of rotatable bonds is 4. The normalized spacial score (nSPS) is 15.0. The molecule has 0 heterocycles. The molecule has 0 aromatic rings. The maximum Gasteiger partial charge on any atom is 0.0104 e. The SMILES string of the molecule is C/C=C\C(S/C(C)=C/C)=C(\C)CC. The highest BCUT2D eigenvalue weighted by atomic mass is 32.2. The first-order valence-corrected chi connectivity index (χ1v) is 5.60. The molecule has 0 amide bonds. The van der Waals surface area contributed by atoms with Gasteiger partial charge in [0.2, 0.25) is 0 Å². The quantitative estimate of drug-likeness (QED) is 0.576. The maximum absolute atomic E-state index is 2.20. The molecule has 0 aromatic heterocycles. The van der Waals surface area contributed by atoms with Crippen LogP contribution >= 0.6 is 11.8 Å². The van der Waals surface area contributed by atoms with Crippen LogP contribution < -0.4 is 0 Å². The number of thioether (sulfide) groups is 1. The Morgan fingerprint density at radius 3 is 2.23 bits per heavy atom. The van der Waals surface area contributed by atoms with Gasteiger partial charge >= 0.3 is 0 Å². The van der Waals surface area contributed by atoms with Crippen molar-refractivity contribution in [3.05, 3.63) is 33.6 Å². The largest absolute Gasteiger partial charge is 0.0953 e. The third-order valence-electron chi connectivity index (χ3n) is 1.95. The summed E-state index contributed by atoms with van der Waals surface area (Å²) in [6, 6.07) is 0. The van der Waals surface area contributed by atoms with Gasteiger partial charge in [0.25, 0.3) is 0 Å². The van der Waals surface area contributed by atoms with E-state index in [1.807, 2.05) is 11.8 Å². The Bertz CT molecular complexity index is 232. The van der Waals surface area contributed by atoms with Gasteiger partial charge in [-0.2, -0.15) is 0 Å². The minimum Gasteiger partial charge on any atom is -0.0953 e. The zero-order valence-corrected chi connectivity index (χ0v) is 10.2.